The van der Waals surface area contributed by atoms with Crippen LogP contribution < -0.4 is 4.74 Å². The molecule has 1 aromatic carbocycles. The minimum Gasteiger partial charge on any atom is -0.507 e. The first-order valence-electron chi connectivity index (χ1n) is 13.8. The molecular weight excluding hydrogens is 436 g/mol. The molecule has 1 heterocycles. The zero-order chi connectivity index (χ0) is 25.9. The molecule has 0 amide bonds. The Bertz CT molecular complexity index is 730. The van der Waals surface area contributed by atoms with Crippen LogP contribution in [0, 0.1) is 38.5 Å². The average Bonchev–Trinajstić information content (AvgIpc) is 2.76. The lowest BCUT2D eigenvalue weighted by Gasteiger charge is -2.38. The highest BCUT2D eigenvalue weighted by molar-refractivity contribution is 6.22. The summed E-state index contributed by atoms with van der Waals surface area (Å²) in [6.07, 6.45) is 14.1. The van der Waals surface area contributed by atoms with Crippen LogP contribution in [0.2, 0.25) is 6.55 Å². The van der Waals surface area contributed by atoms with Gasteiger partial charge in [-0.05, 0) is 94.4 Å². The molecule has 0 fully saturated rings. The van der Waals surface area contributed by atoms with Crippen molar-refractivity contribution >= 4 is 9.76 Å². The van der Waals surface area contributed by atoms with Crippen molar-refractivity contribution in [2.75, 3.05) is 0 Å². The molecule has 1 aromatic rings. The maximum atomic E-state index is 10.4. The van der Waals surface area contributed by atoms with Crippen molar-refractivity contribution in [2.24, 2.45) is 17.8 Å². The van der Waals surface area contributed by atoms with Crippen molar-refractivity contribution in [3.63, 3.8) is 0 Å². The third-order valence-corrected chi connectivity index (χ3v) is 7.87. The minimum absolute atomic E-state index is 0.0712. The van der Waals surface area contributed by atoms with Crippen LogP contribution in [0.1, 0.15) is 121 Å². The number of ether oxygens (including phenoxy) is 1. The highest BCUT2D eigenvalue weighted by atomic mass is 28.2. The molecule has 0 saturated carbocycles. The predicted octanol–water partition coefficient (Wildman–Crippen LogP) is 8.49. The number of benzene rings is 1. The Balaban J connectivity index is 0.00000182. The molecule has 0 bridgehead atoms. The molecule has 0 aliphatic carbocycles. The van der Waals surface area contributed by atoms with E-state index < -0.39 is 0 Å². The Morgan fingerprint density at radius 1 is 0.853 bits per heavy atom. The number of aromatic hydroxyl groups is 1. The van der Waals surface area contributed by atoms with Gasteiger partial charge >= 0.3 is 0 Å². The highest BCUT2D eigenvalue weighted by Gasteiger charge is 2.34. The van der Waals surface area contributed by atoms with Gasteiger partial charge < -0.3 is 14.6 Å². The third kappa shape index (κ3) is 9.93. The van der Waals surface area contributed by atoms with Crippen LogP contribution >= 0.6 is 0 Å². The van der Waals surface area contributed by atoms with E-state index >= 15 is 0 Å². The molecule has 2 N–H and O–H groups in total. The van der Waals surface area contributed by atoms with E-state index in [0.29, 0.717) is 5.75 Å². The Labute approximate surface area is 214 Å². The van der Waals surface area contributed by atoms with E-state index in [1.807, 2.05) is 13.8 Å². The summed E-state index contributed by atoms with van der Waals surface area (Å²) in [5.41, 5.74) is 4.23. The van der Waals surface area contributed by atoms with Crippen molar-refractivity contribution < 1.29 is 14.6 Å². The molecule has 2 rings (SSSR count). The van der Waals surface area contributed by atoms with Crippen LogP contribution in [0.3, 0.4) is 0 Å². The topological polar surface area (TPSA) is 49.7 Å². The Morgan fingerprint density at radius 3 is 1.88 bits per heavy atom. The van der Waals surface area contributed by atoms with Crippen molar-refractivity contribution in [3.8, 4) is 11.5 Å². The number of rotatable bonds is 12. The molecule has 2 radical (unpaired) electrons. The van der Waals surface area contributed by atoms with Gasteiger partial charge in [0.1, 0.15) is 17.1 Å². The van der Waals surface area contributed by atoms with Crippen LogP contribution in [0.15, 0.2) is 0 Å². The first-order chi connectivity index (χ1) is 16.0. The van der Waals surface area contributed by atoms with E-state index in [1.165, 1.54) is 56.9 Å². The van der Waals surface area contributed by atoms with Gasteiger partial charge in [0.25, 0.3) is 0 Å². The molecule has 0 saturated heterocycles. The summed E-state index contributed by atoms with van der Waals surface area (Å²) in [7, 11) is 0.0833. The minimum atomic E-state index is -0.0712. The van der Waals surface area contributed by atoms with E-state index in [1.54, 1.807) is 6.55 Å². The average molecular weight is 491 g/mol. The fourth-order valence-electron chi connectivity index (χ4n) is 5.27. The predicted molar refractivity (Wildman–Crippen MR) is 148 cm³/mol. The lowest BCUT2D eigenvalue weighted by molar-refractivity contribution is 0.0512. The SMILES string of the molecule is C[Si]O.Cc1c(C)c2c(c(C)c1O)CC[C@@](C)(CCCC(C)CCCC(C)CCCC(C)C)O2. The number of hydrogen-bond acceptors (Lipinski definition) is 3. The number of phenolic OH excluding ortho intramolecular Hbond substituents is 1. The lowest BCUT2D eigenvalue weighted by Crippen LogP contribution is -2.37. The lowest BCUT2D eigenvalue weighted by atomic mass is 9.84. The Kier molecular flexibility index (Phi) is 13.9. The molecule has 0 spiro atoms. The second-order valence-corrected chi connectivity index (χ2v) is 12.1. The number of phenols is 1. The van der Waals surface area contributed by atoms with Crippen LogP contribution in [0.25, 0.3) is 0 Å². The molecule has 3 atom stereocenters. The van der Waals surface area contributed by atoms with Crippen molar-refractivity contribution in [1.29, 1.82) is 0 Å². The molecule has 34 heavy (non-hydrogen) atoms. The quantitative estimate of drug-likeness (QED) is 0.289. The van der Waals surface area contributed by atoms with E-state index in [4.69, 9.17) is 9.53 Å². The summed E-state index contributed by atoms with van der Waals surface area (Å²) < 4.78 is 6.60. The maximum Gasteiger partial charge on any atom is 0.220 e. The Hall–Kier alpha value is -1.00. The summed E-state index contributed by atoms with van der Waals surface area (Å²) in [5, 5.41) is 10.4. The van der Waals surface area contributed by atoms with Gasteiger partial charge in [0.2, 0.25) is 9.76 Å². The maximum absolute atomic E-state index is 10.4. The van der Waals surface area contributed by atoms with Crippen molar-refractivity contribution in [3.05, 3.63) is 22.3 Å². The molecule has 4 heteroatoms. The number of fused-ring (bicyclic) bond motifs is 1. The van der Waals surface area contributed by atoms with Gasteiger partial charge in [0.05, 0.1) is 0 Å². The van der Waals surface area contributed by atoms with Gasteiger partial charge in [0.15, 0.2) is 0 Å². The summed E-state index contributed by atoms with van der Waals surface area (Å²) in [6.45, 7) is 19.6. The normalized spacial score (nSPS) is 19.1. The second-order valence-electron chi connectivity index (χ2n) is 11.7. The van der Waals surface area contributed by atoms with Crippen LogP contribution in [0.5, 0.6) is 11.5 Å². The number of hydrogen-bond donors (Lipinski definition) is 2. The van der Waals surface area contributed by atoms with Crippen LogP contribution in [-0.2, 0) is 6.42 Å². The summed E-state index contributed by atoms with van der Waals surface area (Å²) in [5.74, 6) is 4.04. The third-order valence-electron chi connectivity index (χ3n) is 7.87. The largest absolute Gasteiger partial charge is 0.507 e. The molecular formula is C30H54O3Si. The van der Waals surface area contributed by atoms with Gasteiger partial charge in [-0.25, -0.2) is 0 Å². The van der Waals surface area contributed by atoms with Gasteiger partial charge in [-0.3, -0.25) is 0 Å². The summed E-state index contributed by atoms with van der Waals surface area (Å²) in [4.78, 5) is 7.60. The van der Waals surface area contributed by atoms with E-state index in [-0.39, 0.29) is 15.4 Å². The van der Waals surface area contributed by atoms with E-state index in [0.717, 1.165) is 59.5 Å². The van der Waals surface area contributed by atoms with Gasteiger partial charge in [0, 0.05) is 5.56 Å². The van der Waals surface area contributed by atoms with Gasteiger partial charge in [-0.15, -0.1) is 0 Å². The summed E-state index contributed by atoms with van der Waals surface area (Å²) >= 11 is 0. The second kappa shape index (κ2) is 15.2. The fourth-order valence-corrected chi connectivity index (χ4v) is 5.27. The molecule has 1 aliphatic rings. The highest BCUT2D eigenvalue weighted by Crippen LogP contribution is 2.44. The standard InChI is InChI=1S/C29H50O2.CH4OSi/c1-20(2)12-9-13-21(3)14-10-15-22(4)16-11-18-29(8)19-17-26-25(7)27(30)23(5)24(6)28(26)31-29;1-3-2/h20-22,30H,9-19H2,1-8H3;2H,1H3/t21?,22?,29-;/m1./s1. The van der Waals surface area contributed by atoms with Crippen LogP contribution in [-0.4, -0.2) is 25.3 Å². The monoisotopic (exact) mass is 490 g/mol. The zero-order valence-electron chi connectivity index (χ0n) is 23.8. The zero-order valence-corrected chi connectivity index (χ0v) is 24.8. The Morgan fingerprint density at radius 2 is 1.35 bits per heavy atom. The first kappa shape index (κ1) is 31.0. The first-order valence-corrected chi connectivity index (χ1v) is 15.2. The molecule has 1 aliphatic heterocycles. The molecule has 2 unspecified atom stereocenters. The summed E-state index contributed by atoms with van der Waals surface area (Å²) in [6, 6.07) is 0. The molecule has 0 aromatic heterocycles. The van der Waals surface area contributed by atoms with Crippen molar-refractivity contribution in [2.45, 2.75) is 138 Å². The van der Waals surface area contributed by atoms with Gasteiger partial charge in [-0.1, -0.05) is 72.6 Å². The van der Waals surface area contributed by atoms with Crippen molar-refractivity contribution in [1.82, 2.24) is 0 Å². The van der Waals surface area contributed by atoms with E-state index in [9.17, 15) is 5.11 Å². The van der Waals surface area contributed by atoms with Gasteiger partial charge in [-0.2, -0.15) is 0 Å². The fraction of sp³-hybridized carbons (Fsp3) is 0.800. The van der Waals surface area contributed by atoms with Crippen LogP contribution in [0.4, 0.5) is 0 Å². The molecule has 196 valence electrons. The molecule has 3 nitrogen and oxygen atoms in total. The smallest absolute Gasteiger partial charge is 0.220 e. The van der Waals surface area contributed by atoms with E-state index in [2.05, 4.69) is 41.5 Å².